The number of benzene rings is 1. The first-order chi connectivity index (χ1) is 12.6. The number of thiophene rings is 1. The molecule has 0 aliphatic rings. The first-order valence-electron chi connectivity index (χ1n) is 8.38. The van der Waals surface area contributed by atoms with Crippen LogP contribution in [-0.4, -0.2) is 30.9 Å². The van der Waals surface area contributed by atoms with Crippen molar-refractivity contribution in [3.63, 3.8) is 0 Å². The number of primary amides is 1. The second-order valence-electron chi connectivity index (χ2n) is 5.69. The highest BCUT2D eigenvalue weighted by Gasteiger charge is 2.18. The highest BCUT2D eigenvalue weighted by atomic mass is 32.1. The topological polar surface area (TPSA) is 89.7 Å². The van der Waals surface area contributed by atoms with Crippen LogP contribution < -0.4 is 10.6 Å². The molecule has 0 bridgehead atoms. The van der Waals surface area contributed by atoms with Crippen molar-refractivity contribution in [2.45, 2.75) is 25.7 Å². The van der Waals surface area contributed by atoms with Gasteiger partial charge in [0.05, 0.1) is 0 Å². The highest BCUT2D eigenvalue weighted by Crippen LogP contribution is 2.15. The number of esters is 1. The van der Waals surface area contributed by atoms with E-state index in [1.54, 1.807) is 35.6 Å². The fourth-order valence-electron chi connectivity index (χ4n) is 2.38. The average Bonchev–Trinajstić information content (AvgIpc) is 3.14. The smallest absolute Gasteiger partial charge is 0.306 e. The Morgan fingerprint density at radius 2 is 1.81 bits per heavy atom. The minimum atomic E-state index is -0.496. The number of anilines is 1. The van der Waals surface area contributed by atoms with E-state index in [0.717, 1.165) is 6.42 Å². The standard InChI is InChI=1S/C19H22N2O4S/c20-17(22)11-12-21(15-6-2-1-3-7-15)18(23)14-25-19(24)10-4-8-16-9-5-13-26-16/h1-3,5-7,9,13H,4,8,10-12,14H2,(H2,20,22). The van der Waals surface area contributed by atoms with Crippen molar-refractivity contribution in [3.05, 3.63) is 52.7 Å². The predicted molar refractivity (Wildman–Crippen MR) is 101 cm³/mol. The number of amides is 2. The maximum absolute atomic E-state index is 12.4. The zero-order valence-electron chi connectivity index (χ0n) is 14.4. The van der Waals surface area contributed by atoms with Crippen molar-refractivity contribution in [3.8, 4) is 0 Å². The number of carbonyl (C=O) groups is 3. The summed E-state index contributed by atoms with van der Waals surface area (Å²) in [6.07, 6.45) is 1.79. The van der Waals surface area contributed by atoms with Gasteiger partial charge in [-0.3, -0.25) is 14.4 Å². The van der Waals surface area contributed by atoms with Crippen molar-refractivity contribution >= 4 is 34.8 Å². The SMILES string of the molecule is NC(=O)CCN(C(=O)COC(=O)CCCc1cccs1)c1ccccc1. The van der Waals surface area contributed by atoms with E-state index in [9.17, 15) is 14.4 Å². The molecule has 2 aromatic rings. The van der Waals surface area contributed by atoms with E-state index in [1.807, 2.05) is 23.6 Å². The second kappa shape index (κ2) is 10.4. The molecule has 0 aliphatic carbocycles. The molecule has 0 spiro atoms. The summed E-state index contributed by atoms with van der Waals surface area (Å²) in [7, 11) is 0. The van der Waals surface area contributed by atoms with Gasteiger partial charge in [0, 0.05) is 30.0 Å². The van der Waals surface area contributed by atoms with Crippen molar-refractivity contribution in [1.82, 2.24) is 0 Å². The number of nitrogens with two attached hydrogens (primary N) is 1. The van der Waals surface area contributed by atoms with Gasteiger partial charge >= 0.3 is 5.97 Å². The lowest BCUT2D eigenvalue weighted by molar-refractivity contribution is -0.148. The van der Waals surface area contributed by atoms with Gasteiger partial charge in [-0.2, -0.15) is 0 Å². The van der Waals surface area contributed by atoms with Crippen molar-refractivity contribution in [2.75, 3.05) is 18.1 Å². The lowest BCUT2D eigenvalue weighted by Gasteiger charge is -2.22. The summed E-state index contributed by atoms with van der Waals surface area (Å²) >= 11 is 1.65. The molecule has 7 heteroatoms. The summed E-state index contributed by atoms with van der Waals surface area (Å²) < 4.78 is 5.09. The lowest BCUT2D eigenvalue weighted by atomic mass is 10.2. The van der Waals surface area contributed by atoms with Gasteiger partial charge in [0.25, 0.3) is 5.91 Å². The molecule has 0 atom stereocenters. The molecule has 2 amide bonds. The molecule has 0 unspecified atom stereocenters. The Morgan fingerprint density at radius 1 is 1.04 bits per heavy atom. The van der Waals surface area contributed by atoms with E-state index in [2.05, 4.69) is 0 Å². The van der Waals surface area contributed by atoms with Crippen LogP contribution in [0.5, 0.6) is 0 Å². The van der Waals surface area contributed by atoms with E-state index >= 15 is 0 Å². The maximum Gasteiger partial charge on any atom is 0.306 e. The third kappa shape index (κ3) is 6.68. The zero-order chi connectivity index (χ0) is 18.8. The average molecular weight is 374 g/mol. The van der Waals surface area contributed by atoms with Gasteiger partial charge in [-0.15, -0.1) is 11.3 Å². The maximum atomic E-state index is 12.4. The van der Waals surface area contributed by atoms with E-state index in [1.165, 1.54) is 9.78 Å². The van der Waals surface area contributed by atoms with Gasteiger partial charge in [-0.05, 0) is 36.4 Å². The molecule has 0 saturated heterocycles. The molecule has 26 heavy (non-hydrogen) atoms. The molecule has 0 fully saturated rings. The van der Waals surface area contributed by atoms with E-state index < -0.39 is 11.9 Å². The van der Waals surface area contributed by atoms with Crippen molar-refractivity contribution in [1.29, 1.82) is 0 Å². The lowest BCUT2D eigenvalue weighted by Crippen LogP contribution is -2.37. The van der Waals surface area contributed by atoms with E-state index in [4.69, 9.17) is 10.5 Å². The van der Waals surface area contributed by atoms with Crippen LogP contribution in [0, 0.1) is 0 Å². The number of hydrogen-bond acceptors (Lipinski definition) is 5. The Bertz CT molecular complexity index is 716. The van der Waals surface area contributed by atoms with Crippen LogP contribution in [0.15, 0.2) is 47.8 Å². The molecule has 138 valence electrons. The minimum Gasteiger partial charge on any atom is -0.456 e. The number of aryl methyl sites for hydroxylation is 1. The second-order valence-corrected chi connectivity index (χ2v) is 6.72. The van der Waals surface area contributed by atoms with Crippen LogP contribution >= 0.6 is 11.3 Å². The molecule has 2 rings (SSSR count). The number of para-hydroxylation sites is 1. The molecule has 0 aliphatic heterocycles. The number of carbonyl (C=O) groups excluding carboxylic acids is 3. The van der Waals surface area contributed by atoms with Crippen LogP contribution in [0.4, 0.5) is 5.69 Å². The van der Waals surface area contributed by atoms with E-state index in [0.29, 0.717) is 12.1 Å². The zero-order valence-corrected chi connectivity index (χ0v) is 15.2. The summed E-state index contributed by atoms with van der Waals surface area (Å²) in [5.74, 6) is -1.29. The Hall–Kier alpha value is -2.67. The van der Waals surface area contributed by atoms with Gasteiger partial charge in [0.1, 0.15) is 0 Å². The first-order valence-corrected chi connectivity index (χ1v) is 9.26. The molecule has 1 aromatic carbocycles. The number of hydrogen-bond donors (Lipinski definition) is 1. The number of nitrogens with zero attached hydrogens (tertiary/aromatic N) is 1. The quantitative estimate of drug-likeness (QED) is 0.647. The summed E-state index contributed by atoms with van der Waals surface area (Å²) in [6, 6.07) is 12.9. The Kier molecular flexibility index (Phi) is 7.82. The van der Waals surface area contributed by atoms with Gasteiger partial charge in [-0.1, -0.05) is 24.3 Å². The van der Waals surface area contributed by atoms with Crippen LogP contribution in [-0.2, 0) is 25.5 Å². The largest absolute Gasteiger partial charge is 0.456 e. The highest BCUT2D eigenvalue weighted by molar-refractivity contribution is 7.09. The molecular weight excluding hydrogens is 352 g/mol. The summed E-state index contributed by atoms with van der Waals surface area (Å²) in [4.78, 5) is 37.9. The van der Waals surface area contributed by atoms with Crippen LogP contribution in [0.1, 0.15) is 24.1 Å². The van der Waals surface area contributed by atoms with Gasteiger partial charge in [0.15, 0.2) is 6.61 Å². The molecule has 1 heterocycles. The van der Waals surface area contributed by atoms with Crippen molar-refractivity contribution < 1.29 is 19.1 Å². The van der Waals surface area contributed by atoms with Crippen LogP contribution in [0.3, 0.4) is 0 Å². The molecule has 1 aromatic heterocycles. The Balaban J connectivity index is 1.81. The van der Waals surface area contributed by atoms with E-state index in [-0.39, 0.29) is 31.9 Å². The normalized spacial score (nSPS) is 10.3. The summed E-state index contributed by atoms with van der Waals surface area (Å²) in [5.41, 5.74) is 5.81. The Labute approximate surface area is 156 Å². The monoisotopic (exact) mass is 374 g/mol. The first kappa shape index (κ1) is 19.7. The molecule has 0 saturated carbocycles. The molecule has 0 radical (unpaired) electrons. The Morgan fingerprint density at radius 3 is 2.46 bits per heavy atom. The van der Waals surface area contributed by atoms with Crippen LogP contribution in [0.25, 0.3) is 0 Å². The molecular formula is C19H22N2O4S. The van der Waals surface area contributed by atoms with Crippen molar-refractivity contribution in [2.24, 2.45) is 5.73 Å². The number of ether oxygens (including phenoxy) is 1. The summed E-state index contributed by atoms with van der Waals surface area (Å²) in [6.45, 7) is -0.209. The molecule has 2 N–H and O–H groups in total. The number of rotatable bonds is 10. The third-order valence-corrected chi connectivity index (χ3v) is 4.63. The molecule has 6 nitrogen and oxygen atoms in total. The fraction of sp³-hybridized carbons (Fsp3) is 0.316. The predicted octanol–water partition coefficient (Wildman–Crippen LogP) is 2.52. The third-order valence-electron chi connectivity index (χ3n) is 3.69. The fourth-order valence-corrected chi connectivity index (χ4v) is 3.13. The van der Waals surface area contributed by atoms with Gasteiger partial charge < -0.3 is 15.4 Å². The van der Waals surface area contributed by atoms with Gasteiger partial charge in [-0.25, -0.2) is 0 Å². The van der Waals surface area contributed by atoms with Gasteiger partial charge in [0.2, 0.25) is 5.91 Å². The van der Waals surface area contributed by atoms with Crippen LogP contribution in [0.2, 0.25) is 0 Å². The summed E-state index contributed by atoms with van der Waals surface area (Å²) in [5, 5.41) is 2.00. The minimum absolute atomic E-state index is 0.0371.